The first-order chi connectivity index (χ1) is 11.5. The van der Waals surface area contributed by atoms with Gasteiger partial charge in [0, 0.05) is 31.5 Å². The Labute approximate surface area is 141 Å². The van der Waals surface area contributed by atoms with Gasteiger partial charge < -0.3 is 20.7 Å². The Balaban J connectivity index is 1.79. The van der Waals surface area contributed by atoms with Gasteiger partial charge in [-0.05, 0) is 48.9 Å². The Hall–Kier alpha value is -2.76. The smallest absolute Gasteiger partial charge is 0.253 e. The molecule has 0 saturated heterocycles. The first kappa shape index (κ1) is 17.6. The number of nitrogens with zero attached hydrogens (tertiary/aromatic N) is 1. The van der Waals surface area contributed by atoms with E-state index in [1.165, 1.54) is 12.1 Å². The highest BCUT2D eigenvalue weighted by molar-refractivity contribution is 5.99. The number of benzene rings is 2. The number of methoxy groups -OCH3 is 1. The molecule has 0 aliphatic carbocycles. The van der Waals surface area contributed by atoms with Crippen molar-refractivity contribution in [3.8, 4) is 5.75 Å². The van der Waals surface area contributed by atoms with Crippen molar-refractivity contribution in [2.75, 3.05) is 37.9 Å². The summed E-state index contributed by atoms with van der Waals surface area (Å²) in [7, 11) is 3.61. The predicted octanol–water partition coefficient (Wildman–Crippen LogP) is 2.67. The molecule has 5 nitrogen and oxygen atoms in total. The SMILES string of the molecule is COc1ccc(N(C)CCCNC(=O)c2cc(F)ccc2N)cc1. The molecule has 2 aromatic rings. The number of nitrogens with one attached hydrogen (secondary N) is 1. The lowest BCUT2D eigenvalue weighted by molar-refractivity contribution is 0.0954. The minimum Gasteiger partial charge on any atom is -0.497 e. The second kappa shape index (κ2) is 8.19. The van der Waals surface area contributed by atoms with E-state index in [4.69, 9.17) is 10.5 Å². The molecule has 0 saturated carbocycles. The lowest BCUT2D eigenvalue weighted by Crippen LogP contribution is -2.28. The van der Waals surface area contributed by atoms with E-state index in [0.29, 0.717) is 6.54 Å². The molecule has 0 aliphatic heterocycles. The normalized spacial score (nSPS) is 10.3. The van der Waals surface area contributed by atoms with Gasteiger partial charge in [-0.15, -0.1) is 0 Å². The van der Waals surface area contributed by atoms with Gasteiger partial charge in [0.2, 0.25) is 0 Å². The van der Waals surface area contributed by atoms with Crippen LogP contribution >= 0.6 is 0 Å². The van der Waals surface area contributed by atoms with Crippen LogP contribution in [0.4, 0.5) is 15.8 Å². The molecule has 0 atom stereocenters. The number of carbonyl (C=O) groups is 1. The summed E-state index contributed by atoms with van der Waals surface area (Å²) in [5.74, 6) is -0.0280. The van der Waals surface area contributed by atoms with Crippen LogP contribution in [0.3, 0.4) is 0 Å². The fourth-order valence-corrected chi connectivity index (χ4v) is 2.30. The van der Waals surface area contributed by atoms with E-state index in [1.807, 2.05) is 31.3 Å². The molecule has 0 radical (unpaired) electrons. The van der Waals surface area contributed by atoms with Crippen molar-refractivity contribution in [1.29, 1.82) is 0 Å². The predicted molar refractivity (Wildman–Crippen MR) is 94.0 cm³/mol. The van der Waals surface area contributed by atoms with E-state index in [9.17, 15) is 9.18 Å². The Morgan fingerprint density at radius 3 is 2.62 bits per heavy atom. The van der Waals surface area contributed by atoms with Crippen LogP contribution < -0.4 is 20.7 Å². The molecule has 3 N–H and O–H groups in total. The average Bonchev–Trinajstić information content (AvgIpc) is 2.60. The molecule has 24 heavy (non-hydrogen) atoms. The van der Waals surface area contributed by atoms with Crippen LogP contribution in [-0.2, 0) is 0 Å². The largest absolute Gasteiger partial charge is 0.497 e. The molecule has 6 heteroatoms. The number of nitrogens with two attached hydrogens (primary N) is 1. The fourth-order valence-electron chi connectivity index (χ4n) is 2.30. The van der Waals surface area contributed by atoms with E-state index >= 15 is 0 Å². The van der Waals surface area contributed by atoms with Crippen molar-refractivity contribution in [2.45, 2.75) is 6.42 Å². The molecule has 1 amide bonds. The van der Waals surface area contributed by atoms with Crippen molar-refractivity contribution < 1.29 is 13.9 Å². The van der Waals surface area contributed by atoms with Crippen LogP contribution in [0.5, 0.6) is 5.75 Å². The molecule has 0 spiro atoms. The zero-order chi connectivity index (χ0) is 17.5. The topological polar surface area (TPSA) is 67.6 Å². The third kappa shape index (κ3) is 4.62. The van der Waals surface area contributed by atoms with Crippen molar-refractivity contribution in [3.63, 3.8) is 0 Å². The zero-order valence-electron chi connectivity index (χ0n) is 13.9. The Kier molecular flexibility index (Phi) is 6.01. The molecule has 0 fully saturated rings. The lowest BCUT2D eigenvalue weighted by Gasteiger charge is -2.19. The van der Waals surface area contributed by atoms with Gasteiger partial charge in [0.1, 0.15) is 11.6 Å². The second-order valence-corrected chi connectivity index (χ2v) is 5.46. The van der Waals surface area contributed by atoms with Gasteiger partial charge in [-0.3, -0.25) is 4.79 Å². The van der Waals surface area contributed by atoms with Crippen molar-refractivity contribution >= 4 is 17.3 Å². The third-order valence-corrected chi connectivity index (χ3v) is 3.73. The molecule has 0 aromatic heterocycles. The summed E-state index contributed by atoms with van der Waals surface area (Å²) in [4.78, 5) is 14.1. The van der Waals surface area contributed by atoms with Crippen LogP contribution in [0.15, 0.2) is 42.5 Å². The number of carbonyl (C=O) groups excluding carboxylic acids is 1. The molecule has 128 valence electrons. The summed E-state index contributed by atoms with van der Waals surface area (Å²) >= 11 is 0. The molecule has 0 heterocycles. The average molecular weight is 331 g/mol. The Morgan fingerprint density at radius 1 is 1.25 bits per heavy atom. The van der Waals surface area contributed by atoms with Gasteiger partial charge in [-0.2, -0.15) is 0 Å². The van der Waals surface area contributed by atoms with Gasteiger partial charge >= 0.3 is 0 Å². The summed E-state index contributed by atoms with van der Waals surface area (Å²) in [5, 5.41) is 2.76. The lowest BCUT2D eigenvalue weighted by atomic mass is 10.1. The van der Waals surface area contributed by atoms with Crippen LogP contribution in [0.25, 0.3) is 0 Å². The number of halogens is 1. The maximum atomic E-state index is 13.2. The molecule has 0 unspecified atom stereocenters. The quantitative estimate of drug-likeness (QED) is 0.605. The standard InChI is InChI=1S/C18H22FN3O2/c1-22(14-5-7-15(24-2)8-6-14)11-3-10-21-18(23)16-12-13(19)4-9-17(16)20/h4-9,12H,3,10-11,20H2,1-2H3,(H,21,23). The van der Waals surface area contributed by atoms with Crippen LogP contribution in [-0.4, -0.2) is 33.2 Å². The van der Waals surface area contributed by atoms with Crippen molar-refractivity contribution in [2.24, 2.45) is 0 Å². The van der Waals surface area contributed by atoms with Crippen LogP contribution in [0, 0.1) is 5.82 Å². The molecular formula is C18H22FN3O2. The first-order valence-electron chi connectivity index (χ1n) is 7.69. The van der Waals surface area contributed by atoms with Gasteiger partial charge in [0.25, 0.3) is 5.91 Å². The number of anilines is 2. The molecule has 0 bridgehead atoms. The number of amides is 1. The van der Waals surface area contributed by atoms with Gasteiger partial charge in [0.05, 0.1) is 12.7 Å². The Bertz CT molecular complexity index is 689. The third-order valence-electron chi connectivity index (χ3n) is 3.73. The van der Waals surface area contributed by atoms with Gasteiger partial charge in [0.15, 0.2) is 0 Å². The summed E-state index contributed by atoms with van der Waals surface area (Å²) < 4.78 is 18.3. The van der Waals surface area contributed by atoms with Gasteiger partial charge in [-0.1, -0.05) is 0 Å². The van der Waals surface area contributed by atoms with Crippen LogP contribution in [0.1, 0.15) is 16.8 Å². The summed E-state index contributed by atoms with van der Waals surface area (Å²) in [5.41, 5.74) is 7.20. The number of rotatable bonds is 7. The van der Waals surface area contributed by atoms with E-state index in [0.717, 1.165) is 30.5 Å². The number of ether oxygens (including phenoxy) is 1. The maximum Gasteiger partial charge on any atom is 0.253 e. The fraction of sp³-hybridized carbons (Fsp3) is 0.278. The Morgan fingerprint density at radius 2 is 1.96 bits per heavy atom. The molecule has 2 rings (SSSR count). The summed E-state index contributed by atoms with van der Waals surface area (Å²) in [6.07, 6.45) is 0.753. The van der Waals surface area contributed by atoms with E-state index in [1.54, 1.807) is 7.11 Å². The zero-order valence-corrected chi connectivity index (χ0v) is 13.9. The highest BCUT2D eigenvalue weighted by Gasteiger charge is 2.10. The minimum absolute atomic E-state index is 0.165. The number of hydrogen-bond acceptors (Lipinski definition) is 4. The number of nitrogen functional groups attached to an aromatic ring is 1. The second-order valence-electron chi connectivity index (χ2n) is 5.46. The highest BCUT2D eigenvalue weighted by Crippen LogP contribution is 2.18. The van der Waals surface area contributed by atoms with Crippen LogP contribution in [0.2, 0.25) is 0 Å². The van der Waals surface area contributed by atoms with Gasteiger partial charge in [-0.25, -0.2) is 4.39 Å². The monoisotopic (exact) mass is 331 g/mol. The number of hydrogen-bond donors (Lipinski definition) is 2. The van der Waals surface area contributed by atoms with Crippen molar-refractivity contribution in [1.82, 2.24) is 5.32 Å². The maximum absolute atomic E-state index is 13.2. The molecule has 0 aliphatic rings. The minimum atomic E-state index is -0.478. The first-order valence-corrected chi connectivity index (χ1v) is 7.69. The molecule has 2 aromatic carbocycles. The highest BCUT2D eigenvalue weighted by atomic mass is 19.1. The van der Waals surface area contributed by atoms with E-state index < -0.39 is 5.82 Å². The summed E-state index contributed by atoms with van der Waals surface area (Å²) in [6, 6.07) is 11.5. The molecular weight excluding hydrogens is 309 g/mol. The van der Waals surface area contributed by atoms with E-state index in [2.05, 4.69) is 10.2 Å². The van der Waals surface area contributed by atoms with E-state index in [-0.39, 0.29) is 17.2 Å². The summed E-state index contributed by atoms with van der Waals surface area (Å²) in [6.45, 7) is 1.25. The van der Waals surface area contributed by atoms with Crippen molar-refractivity contribution in [3.05, 3.63) is 53.8 Å².